The number of halogens is 2. The van der Waals surface area contributed by atoms with Crippen LogP contribution in [0.1, 0.15) is 5.56 Å². The normalized spacial score (nSPS) is 15.8. The van der Waals surface area contributed by atoms with E-state index in [1.165, 1.54) is 4.90 Å². The molecular formula is C17H12Cl2N2O2S. The van der Waals surface area contributed by atoms with Gasteiger partial charge in [0.1, 0.15) is 11.4 Å². The van der Waals surface area contributed by atoms with Crippen LogP contribution in [0.15, 0.2) is 48.2 Å². The maximum Gasteiger partial charge on any atom is 0.281 e. The molecule has 24 heavy (non-hydrogen) atoms. The van der Waals surface area contributed by atoms with Gasteiger partial charge in [0.15, 0.2) is 5.11 Å². The first-order valence-electron chi connectivity index (χ1n) is 6.96. The Hall–Kier alpha value is -2.08. The van der Waals surface area contributed by atoms with Crippen molar-refractivity contribution in [3.05, 3.63) is 63.8 Å². The van der Waals surface area contributed by atoms with Gasteiger partial charge >= 0.3 is 0 Å². The van der Waals surface area contributed by atoms with E-state index in [9.17, 15) is 4.79 Å². The number of anilines is 1. The van der Waals surface area contributed by atoms with Crippen molar-refractivity contribution in [2.75, 3.05) is 12.0 Å². The van der Waals surface area contributed by atoms with Gasteiger partial charge in [-0.1, -0.05) is 35.3 Å². The average Bonchev–Trinajstić information content (AvgIpc) is 2.84. The molecule has 7 heteroatoms. The summed E-state index contributed by atoms with van der Waals surface area (Å²) >= 11 is 17.3. The minimum Gasteiger partial charge on any atom is -0.497 e. The van der Waals surface area contributed by atoms with Crippen molar-refractivity contribution in [1.29, 1.82) is 0 Å². The van der Waals surface area contributed by atoms with Crippen LogP contribution in [0.5, 0.6) is 5.75 Å². The molecule has 0 aliphatic carbocycles. The SMILES string of the molecule is COc1cccc(N2C(=O)C(=Cc3ccc(Cl)cc3Cl)NC2=S)c1. The van der Waals surface area contributed by atoms with Crippen LogP contribution in [-0.4, -0.2) is 18.1 Å². The lowest BCUT2D eigenvalue weighted by Gasteiger charge is -2.14. The van der Waals surface area contributed by atoms with E-state index in [4.69, 9.17) is 40.2 Å². The number of benzene rings is 2. The third-order valence-corrected chi connectivity index (χ3v) is 4.30. The third-order valence-electron chi connectivity index (χ3n) is 3.45. The van der Waals surface area contributed by atoms with Gasteiger partial charge in [-0.05, 0) is 48.1 Å². The van der Waals surface area contributed by atoms with Crippen molar-refractivity contribution < 1.29 is 9.53 Å². The molecule has 1 saturated heterocycles. The largest absolute Gasteiger partial charge is 0.497 e. The summed E-state index contributed by atoms with van der Waals surface area (Å²) in [5, 5.41) is 4.20. The molecule has 0 bridgehead atoms. The number of nitrogens with one attached hydrogen (secondary N) is 1. The van der Waals surface area contributed by atoms with Crippen molar-refractivity contribution in [3.8, 4) is 5.75 Å². The van der Waals surface area contributed by atoms with Crippen molar-refractivity contribution in [2.45, 2.75) is 0 Å². The maximum absolute atomic E-state index is 12.7. The number of methoxy groups -OCH3 is 1. The Morgan fingerprint density at radius 3 is 2.71 bits per heavy atom. The van der Waals surface area contributed by atoms with Crippen molar-refractivity contribution >= 4 is 58.2 Å². The van der Waals surface area contributed by atoms with Crippen molar-refractivity contribution in [1.82, 2.24) is 5.32 Å². The summed E-state index contributed by atoms with van der Waals surface area (Å²) < 4.78 is 5.19. The number of carbonyl (C=O) groups excluding carboxylic acids is 1. The number of nitrogens with zero attached hydrogens (tertiary/aromatic N) is 1. The number of ether oxygens (including phenoxy) is 1. The summed E-state index contributed by atoms with van der Waals surface area (Å²) in [6, 6.07) is 12.2. The zero-order valence-electron chi connectivity index (χ0n) is 12.5. The predicted octanol–water partition coefficient (Wildman–Crippen LogP) is 4.26. The zero-order chi connectivity index (χ0) is 17.3. The van der Waals surface area contributed by atoms with Gasteiger partial charge in [-0.3, -0.25) is 9.69 Å². The predicted molar refractivity (Wildman–Crippen MR) is 101 cm³/mol. The molecule has 0 aromatic heterocycles. The van der Waals surface area contributed by atoms with Crippen LogP contribution in [0, 0.1) is 0 Å². The minimum absolute atomic E-state index is 0.265. The fourth-order valence-electron chi connectivity index (χ4n) is 2.29. The van der Waals surface area contributed by atoms with E-state index in [2.05, 4.69) is 5.32 Å². The van der Waals surface area contributed by atoms with Crippen LogP contribution in [0.2, 0.25) is 10.0 Å². The lowest BCUT2D eigenvalue weighted by atomic mass is 10.2. The fourth-order valence-corrected chi connectivity index (χ4v) is 3.05. The quantitative estimate of drug-likeness (QED) is 0.639. The molecule has 122 valence electrons. The van der Waals surface area contributed by atoms with Gasteiger partial charge in [0.2, 0.25) is 0 Å². The Kier molecular flexibility index (Phi) is 4.76. The monoisotopic (exact) mass is 378 g/mol. The molecule has 2 aromatic rings. The van der Waals surface area contributed by atoms with Gasteiger partial charge in [0, 0.05) is 16.1 Å². The number of thiocarbonyl (C=S) groups is 1. The van der Waals surface area contributed by atoms with E-state index in [-0.39, 0.29) is 5.91 Å². The number of amides is 1. The van der Waals surface area contributed by atoms with Gasteiger partial charge in [-0.2, -0.15) is 0 Å². The Labute approximate surface area is 154 Å². The Morgan fingerprint density at radius 2 is 2.00 bits per heavy atom. The lowest BCUT2D eigenvalue weighted by Crippen LogP contribution is -2.30. The number of hydrogen-bond donors (Lipinski definition) is 1. The van der Waals surface area contributed by atoms with Crippen LogP contribution in [0.25, 0.3) is 6.08 Å². The van der Waals surface area contributed by atoms with Crippen molar-refractivity contribution in [3.63, 3.8) is 0 Å². The fraction of sp³-hybridized carbons (Fsp3) is 0.0588. The molecule has 0 atom stereocenters. The Morgan fingerprint density at radius 1 is 1.21 bits per heavy atom. The van der Waals surface area contributed by atoms with E-state index < -0.39 is 0 Å². The Balaban J connectivity index is 1.95. The van der Waals surface area contributed by atoms with Crippen molar-refractivity contribution in [2.24, 2.45) is 0 Å². The molecule has 4 nitrogen and oxygen atoms in total. The first-order valence-corrected chi connectivity index (χ1v) is 8.12. The molecule has 1 aliphatic heterocycles. The standard InChI is InChI=1S/C17H12Cl2N2O2S/c1-23-13-4-2-3-12(9-13)21-16(22)15(20-17(21)24)7-10-5-6-11(18)8-14(10)19/h2-9H,1H3,(H,20,24). The van der Waals surface area contributed by atoms with E-state index in [0.717, 1.165) is 0 Å². The lowest BCUT2D eigenvalue weighted by molar-refractivity contribution is -0.113. The summed E-state index contributed by atoms with van der Waals surface area (Å²) in [4.78, 5) is 14.1. The van der Waals surface area contributed by atoms with Crippen LogP contribution in [0.4, 0.5) is 5.69 Å². The highest BCUT2D eigenvalue weighted by Crippen LogP contribution is 2.28. The molecule has 1 aliphatic rings. The zero-order valence-corrected chi connectivity index (χ0v) is 14.9. The molecule has 1 amide bonds. The van der Waals surface area contributed by atoms with Crippen LogP contribution >= 0.6 is 35.4 Å². The highest BCUT2D eigenvalue weighted by atomic mass is 35.5. The molecule has 1 N–H and O–H groups in total. The van der Waals surface area contributed by atoms with Crippen LogP contribution in [0.3, 0.4) is 0 Å². The second-order valence-corrected chi connectivity index (χ2v) is 6.23. The topological polar surface area (TPSA) is 41.6 Å². The van der Waals surface area contributed by atoms with E-state index in [1.807, 2.05) is 0 Å². The third kappa shape index (κ3) is 3.24. The van der Waals surface area contributed by atoms with Crippen LogP contribution < -0.4 is 15.0 Å². The summed E-state index contributed by atoms with van der Waals surface area (Å²) in [5.74, 6) is 0.376. The first-order chi connectivity index (χ1) is 11.5. The molecule has 1 fully saturated rings. The van der Waals surface area contributed by atoms with Gasteiger partial charge < -0.3 is 10.1 Å². The Bertz CT molecular complexity index is 867. The second kappa shape index (κ2) is 6.81. The van der Waals surface area contributed by atoms with Gasteiger partial charge in [0.05, 0.1) is 12.8 Å². The molecule has 0 spiro atoms. The van der Waals surface area contributed by atoms with Gasteiger partial charge in [-0.25, -0.2) is 0 Å². The van der Waals surface area contributed by atoms with Crippen LogP contribution in [-0.2, 0) is 4.79 Å². The molecule has 3 rings (SSSR count). The molecule has 0 radical (unpaired) electrons. The van der Waals surface area contributed by atoms with Gasteiger partial charge in [-0.15, -0.1) is 0 Å². The second-order valence-electron chi connectivity index (χ2n) is 5.00. The highest BCUT2D eigenvalue weighted by molar-refractivity contribution is 7.80. The highest BCUT2D eigenvalue weighted by Gasteiger charge is 2.32. The van der Waals surface area contributed by atoms with E-state index in [1.54, 1.807) is 55.7 Å². The van der Waals surface area contributed by atoms with E-state index >= 15 is 0 Å². The molecular weight excluding hydrogens is 367 g/mol. The number of rotatable bonds is 3. The maximum atomic E-state index is 12.7. The molecule has 0 saturated carbocycles. The molecule has 1 heterocycles. The average molecular weight is 379 g/mol. The van der Waals surface area contributed by atoms with E-state index in [0.29, 0.717) is 37.9 Å². The molecule has 2 aromatic carbocycles. The summed E-state index contributed by atoms with van der Waals surface area (Å²) in [7, 11) is 1.56. The summed E-state index contributed by atoms with van der Waals surface area (Å²) in [5.41, 5.74) is 1.64. The first kappa shape index (κ1) is 16.8. The minimum atomic E-state index is -0.265. The molecule has 0 unspecified atom stereocenters. The van der Waals surface area contributed by atoms with Gasteiger partial charge in [0.25, 0.3) is 5.91 Å². The number of carbonyl (C=O) groups is 1. The summed E-state index contributed by atoms with van der Waals surface area (Å²) in [6.45, 7) is 0. The smallest absolute Gasteiger partial charge is 0.281 e. The number of hydrogen-bond acceptors (Lipinski definition) is 3. The summed E-state index contributed by atoms with van der Waals surface area (Å²) in [6.07, 6.45) is 1.65.